The van der Waals surface area contributed by atoms with Gasteiger partial charge in [0.15, 0.2) is 5.75 Å². The van der Waals surface area contributed by atoms with Gasteiger partial charge < -0.3 is 19.6 Å². The number of halogens is 2. The minimum Gasteiger partial charge on any atom is -0.481 e. The molecule has 1 amide bonds. The predicted octanol–water partition coefficient (Wildman–Crippen LogP) is 4.99. The summed E-state index contributed by atoms with van der Waals surface area (Å²) in [5, 5.41) is 10.1. The summed E-state index contributed by atoms with van der Waals surface area (Å²) in [5.74, 6) is 0.974. The number of piperazine rings is 1. The highest BCUT2D eigenvalue weighted by Gasteiger charge is 2.23. The second-order valence-corrected chi connectivity index (χ2v) is 11.4. The first-order valence-corrected chi connectivity index (χ1v) is 14.4. The van der Waals surface area contributed by atoms with Crippen molar-refractivity contribution in [2.45, 2.75) is 32.7 Å². The summed E-state index contributed by atoms with van der Waals surface area (Å²) in [5.41, 5.74) is 2.44. The van der Waals surface area contributed by atoms with Crippen molar-refractivity contribution < 1.29 is 19.4 Å². The Morgan fingerprint density at radius 2 is 1.61 bits per heavy atom. The molecule has 12 heteroatoms. The third kappa shape index (κ3) is 7.84. The lowest BCUT2D eigenvalue weighted by Gasteiger charge is -2.34. The molecule has 5 rings (SSSR count). The summed E-state index contributed by atoms with van der Waals surface area (Å²) in [6, 6.07) is 9.19. The number of nitrogens with zero attached hydrogens (tertiary/aromatic N) is 6. The van der Waals surface area contributed by atoms with Crippen LogP contribution >= 0.6 is 23.2 Å². The normalized spacial score (nSPS) is 16.6. The highest BCUT2D eigenvalue weighted by molar-refractivity contribution is 6.35. The summed E-state index contributed by atoms with van der Waals surface area (Å²) >= 11 is 12.6. The number of hydrogen-bond acceptors (Lipinski definition) is 8. The van der Waals surface area contributed by atoms with E-state index in [0.717, 1.165) is 37.1 Å². The van der Waals surface area contributed by atoms with Crippen molar-refractivity contribution in [1.29, 1.82) is 0 Å². The fraction of sp³-hybridized carbons (Fsp3) is 0.414. The van der Waals surface area contributed by atoms with Gasteiger partial charge in [-0.05, 0) is 61.7 Å². The van der Waals surface area contributed by atoms with E-state index in [9.17, 15) is 9.59 Å². The molecule has 0 atom stereocenters. The number of hydrogen-bond donors (Lipinski definition) is 1. The topological polar surface area (TPSA) is 112 Å². The number of carbonyl (C=O) groups is 2. The average molecular weight is 600 g/mol. The van der Waals surface area contributed by atoms with Gasteiger partial charge in [0.1, 0.15) is 0 Å². The molecule has 2 aliphatic rings. The van der Waals surface area contributed by atoms with Gasteiger partial charge in [0.05, 0.1) is 18.1 Å². The number of anilines is 1. The molecule has 2 aliphatic heterocycles. The van der Waals surface area contributed by atoms with Crippen molar-refractivity contribution in [2.24, 2.45) is 5.92 Å². The van der Waals surface area contributed by atoms with Crippen molar-refractivity contribution in [3.63, 3.8) is 0 Å². The number of aliphatic carboxylic acids is 1. The van der Waals surface area contributed by atoms with Gasteiger partial charge in [-0.2, -0.15) is 0 Å². The van der Waals surface area contributed by atoms with E-state index >= 15 is 0 Å². The second kappa shape index (κ2) is 13.0. The summed E-state index contributed by atoms with van der Waals surface area (Å²) in [6.45, 7) is 6.52. The minimum absolute atomic E-state index is 0.0751. The Kier molecular flexibility index (Phi) is 9.22. The van der Waals surface area contributed by atoms with Crippen LogP contribution in [0.25, 0.3) is 11.3 Å². The van der Waals surface area contributed by atoms with Gasteiger partial charge in [-0.3, -0.25) is 14.5 Å². The van der Waals surface area contributed by atoms with Gasteiger partial charge in [0, 0.05) is 67.7 Å². The quantitative estimate of drug-likeness (QED) is 0.383. The number of ether oxygens (including phenoxy) is 1. The maximum Gasteiger partial charge on any atom is 0.303 e. The number of pyridine rings is 1. The zero-order valence-corrected chi connectivity index (χ0v) is 24.3. The maximum absolute atomic E-state index is 11.6. The predicted molar refractivity (Wildman–Crippen MR) is 157 cm³/mol. The van der Waals surface area contributed by atoms with E-state index in [0.29, 0.717) is 66.0 Å². The van der Waals surface area contributed by atoms with E-state index < -0.39 is 5.97 Å². The first kappa shape index (κ1) is 29.0. The Labute approximate surface area is 248 Å². The minimum atomic E-state index is -0.739. The molecular formula is C29H32Cl2N6O4. The van der Waals surface area contributed by atoms with Crippen molar-refractivity contribution >= 4 is 41.0 Å². The van der Waals surface area contributed by atoms with Gasteiger partial charge in [-0.1, -0.05) is 23.2 Å². The fourth-order valence-corrected chi connectivity index (χ4v) is 5.80. The molecule has 2 saturated heterocycles. The molecule has 0 aliphatic carbocycles. The average Bonchev–Trinajstić information content (AvgIpc) is 2.94. The van der Waals surface area contributed by atoms with Crippen molar-refractivity contribution in [2.75, 3.05) is 44.2 Å². The lowest BCUT2D eigenvalue weighted by atomic mass is 9.93. The SMILES string of the molecule is CC(=O)N1CCN(c2ncc(Oc3cc(CN4CCC(CC(=O)O)CC4)cc(-c4cc(Cl)cc(Cl)c4)n3)cn2)CC1. The van der Waals surface area contributed by atoms with Crippen LogP contribution in [0.1, 0.15) is 31.7 Å². The van der Waals surface area contributed by atoms with Crippen LogP contribution in [0.4, 0.5) is 5.95 Å². The fourth-order valence-electron chi connectivity index (χ4n) is 5.27. The zero-order valence-electron chi connectivity index (χ0n) is 22.8. The Morgan fingerprint density at radius 1 is 0.951 bits per heavy atom. The molecule has 0 unspecified atom stereocenters. The van der Waals surface area contributed by atoms with Crippen molar-refractivity contribution in [1.82, 2.24) is 24.8 Å². The second-order valence-electron chi connectivity index (χ2n) is 10.5. The maximum atomic E-state index is 11.6. The monoisotopic (exact) mass is 598 g/mol. The van der Waals surface area contributed by atoms with E-state index in [1.807, 2.05) is 34.1 Å². The third-order valence-corrected chi connectivity index (χ3v) is 7.88. The first-order chi connectivity index (χ1) is 19.7. The van der Waals surface area contributed by atoms with E-state index in [2.05, 4.69) is 14.9 Å². The van der Waals surface area contributed by atoms with Crippen LogP contribution in [0, 0.1) is 5.92 Å². The molecule has 216 valence electrons. The van der Waals surface area contributed by atoms with E-state index in [1.165, 1.54) is 0 Å². The highest BCUT2D eigenvalue weighted by atomic mass is 35.5. The Morgan fingerprint density at radius 3 is 2.22 bits per heavy atom. The molecule has 2 fully saturated rings. The standard InChI is InChI=1S/C29H32Cl2N6O4/c1-19(38)36-6-8-37(9-7-36)29-32-16-25(17-33-29)41-27-11-21(18-35-4-2-20(3-5-35)12-28(39)40)10-26(34-27)22-13-23(30)15-24(31)14-22/h10-11,13-17,20H,2-9,12,18H2,1H3,(H,39,40). The number of aromatic nitrogens is 3. The number of amides is 1. The van der Waals surface area contributed by atoms with Gasteiger partial charge in [0.25, 0.3) is 0 Å². The summed E-state index contributed by atoms with van der Waals surface area (Å²) in [7, 11) is 0. The molecule has 0 radical (unpaired) electrons. The van der Waals surface area contributed by atoms with Gasteiger partial charge >= 0.3 is 5.97 Å². The highest BCUT2D eigenvalue weighted by Crippen LogP contribution is 2.31. The smallest absolute Gasteiger partial charge is 0.303 e. The Hall–Kier alpha value is -3.47. The first-order valence-electron chi connectivity index (χ1n) is 13.6. The van der Waals surface area contributed by atoms with E-state index in [4.69, 9.17) is 38.0 Å². The van der Waals surface area contributed by atoms with Crippen LogP contribution in [-0.2, 0) is 16.1 Å². The molecular weight excluding hydrogens is 567 g/mol. The number of carboxylic acids is 1. The van der Waals surface area contributed by atoms with Gasteiger partial charge in [-0.25, -0.2) is 15.0 Å². The van der Waals surface area contributed by atoms with Crippen LogP contribution in [-0.4, -0.2) is 81.0 Å². The van der Waals surface area contributed by atoms with Crippen LogP contribution in [0.3, 0.4) is 0 Å². The number of carboxylic acid groups (broad SMARTS) is 1. The lowest BCUT2D eigenvalue weighted by molar-refractivity contribution is -0.138. The third-order valence-electron chi connectivity index (χ3n) is 7.44. The number of likely N-dealkylation sites (tertiary alicyclic amines) is 1. The van der Waals surface area contributed by atoms with Gasteiger partial charge in [-0.15, -0.1) is 0 Å². The Bertz CT molecular complexity index is 1370. The molecule has 1 N–H and O–H groups in total. The van der Waals surface area contributed by atoms with Crippen molar-refractivity contribution in [3.8, 4) is 22.9 Å². The summed E-state index contributed by atoms with van der Waals surface area (Å²) < 4.78 is 6.13. The number of piperidine rings is 1. The molecule has 2 aromatic heterocycles. The number of rotatable bonds is 8. The molecule has 0 spiro atoms. The summed E-state index contributed by atoms with van der Waals surface area (Å²) in [4.78, 5) is 42.6. The van der Waals surface area contributed by atoms with Crippen LogP contribution < -0.4 is 9.64 Å². The van der Waals surface area contributed by atoms with Crippen LogP contribution in [0.2, 0.25) is 10.0 Å². The molecule has 0 saturated carbocycles. The molecule has 3 aromatic rings. The lowest BCUT2D eigenvalue weighted by Crippen LogP contribution is -2.48. The molecule has 41 heavy (non-hydrogen) atoms. The molecule has 10 nitrogen and oxygen atoms in total. The van der Waals surface area contributed by atoms with E-state index in [1.54, 1.807) is 25.4 Å². The van der Waals surface area contributed by atoms with Crippen LogP contribution in [0.5, 0.6) is 11.6 Å². The largest absolute Gasteiger partial charge is 0.481 e. The molecule has 0 bridgehead atoms. The Balaban J connectivity index is 1.32. The molecule has 1 aromatic carbocycles. The molecule has 4 heterocycles. The van der Waals surface area contributed by atoms with E-state index in [-0.39, 0.29) is 18.2 Å². The number of benzene rings is 1. The number of carbonyl (C=O) groups excluding carboxylic acids is 1. The van der Waals surface area contributed by atoms with Gasteiger partial charge in [0.2, 0.25) is 17.7 Å². The summed E-state index contributed by atoms with van der Waals surface area (Å²) in [6.07, 6.45) is 5.17. The zero-order chi connectivity index (χ0) is 28.9. The van der Waals surface area contributed by atoms with Crippen molar-refractivity contribution in [3.05, 3.63) is 58.3 Å². The van der Waals surface area contributed by atoms with Crippen LogP contribution in [0.15, 0.2) is 42.7 Å².